The monoisotopic (exact) mass is 286 g/mol. The van der Waals surface area contributed by atoms with E-state index in [9.17, 15) is 8.42 Å². The van der Waals surface area contributed by atoms with Crippen molar-refractivity contribution < 1.29 is 8.42 Å². The van der Waals surface area contributed by atoms with E-state index in [1.165, 1.54) is 0 Å². The number of nitrogens with zero attached hydrogens (tertiary/aromatic N) is 2. The summed E-state index contributed by atoms with van der Waals surface area (Å²) in [5, 5.41) is 9.90. The predicted molar refractivity (Wildman–Crippen MR) is 73.2 cm³/mol. The van der Waals surface area contributed by atoms with E-state index in [4.69, 9.17) is 0 Å². The molecule has 0 bridgehead atoms. The van der Waals surface area contributed by atoms with Gasteiger partial charge in [-0.15, -0.1) is 0 Å². The van der Waals surface area contributed by atoms with Gasteiger partial charge >= 0.3 is 0 Å². The first kappa shape index (κ1) is 14.5. The first-order chi connectivity index (χ1) is 8.89. The molecule has 0 radical (unpaired) electrons. The Hall–Kier alpha value is -0.920. The van der Waals surface area contributed by atoms with Crippen LogP contribution in [-0.4, -0.2) is 41.5 Å². The molecule has 7 heteroatoms. The van der Waals surface area contributed by atoms with Crippen LogP contribution in [0.2, 0.25) is 0 Å². The Kier molecular flexibility index (Phi) is 3.98. The number of hydrogen-bond donors (Lipinski definition) is 2. The molecule has 0 amide bonds. The van der Waals surface area contributed by atoms with Crippen LogP contribution in [0.1, 0.15) is 39.2 Å². The number of H-pyrrole nitrogens is 1. The van der Waals surface area contributed by atoms with E-state index in [2.05, 4.69) is 15.5 Å². The van der Waals surface area contributed by atoms with Gasteiger partial charge in [-0.2, -0.15) is 9.40 Å². The molecule has 1 aliphatic heterocycles. The van der Waals surface area contributed by atoms with E-state index in [1.807, 2.05) is 20.8 Å². The molecule has 2 heterocycles. The van der Waals surface area contributed by atoms with Gasteiger partial charge in [0.15, 0.2) is 5.03 Å². The third kappa shape index (κ3) is 2.68. The van der Waals surface area contributed by atoms with E-state index in [-0.39, 0.29) is 10.6 Å². The molecule has 6 nitrogen and oxygen atoms in total. The van der Waals surface area contributed by atoms with Gasteiger partial charge in [-0.05, 0) is 33.2 Å². The molecule has 1 fully saturated rings. The first-order valence-electron chi connectivity index (χ1n) is 6.65. The van der Waals surface area contributed by atoms with E-state index in [0.29, 0.717) is 18.7 Å². The van der Waals surface area contributed by atoms with Crippen molar-refractivity contribution in [3.8, 4) is 0 Å². The molecule has 1 saturated heterocycles. The van der Waals surface area contributed by atoms with Crippen molar-refractivity contribution in [2.45, 2.75) is 50.7 Å². The number of sulfonamides is 1. The number of aromatic amines is 1. The fourth-order valence-corrected chi connectivity index (χ4v) is 4.50. The number of aromatic nitrogens is 2. The molecular weight excluding hydrogens is 264 g/mol. The van der Waals surface area contributed by atoms with Crippen LogP contribution in [0.4, 0.5) is 0 Å². The number of rotatable bonds is 5. The zero-order chi connectivity index (χ0) is 14.1. The maximum absolute atomic E-state index is 12.7. The third-order valence-electron chi connectivity index (χ3n) is 3.62. The molecule has 2 N–H and O–H groups in total. The smallest absolute Gasteiger partial charge is 0.260 e. The molecular formula is C12H22N4O2S. The van der Waals surface area contributed by atoms with Gasteiger partial charge in [-0.1, -0.05) is 6.92 Å². The molecule has 108 valence electrons. The zero-order valence-corrected chi connectivity index (χ0v) is 12.5. The van der Waals surface area contributed by atoms with Crippen molar-refractivity contribution in [3.05, 3.63) is 11.8 Å². The summed E-state index contributed by atoms with van der Waals surface area (Å²) in [5.41, 5.74) is 0.379. The lowest BCUT2D eigenvalue weighted by Gasteiger charge is -2.30. The highest BCUT2D eigenvalue weighted by Gasteiger charge is 2.42. The highest BCUT2D eigenvalue weighted by Crippen LogP contribution is 2.34. The van der Waals surface area contributed by atoms with Crippen molar-refractivity contribution in [2.75, 3.05) is 13.1 Å². The lowest BCUT2D eigenvalue weighted by atomic mass is 10.0. The molecule has 0 spiro atoms. The van der Waals surface area contributed by atoms with Gasteiger partial charge in [0.25, 0.3) is 10.0 Å². The Labute approximate surface area is 114 Å². The molecule has 1 aliphatic rings. The van der Waals surface area contributed by atoms with Crippen LogP contribution in [0.5, 0.6) is 0 Å². The average Bonchev–Trinajstić information content (AvgIpc) is 2.92. The highest BCUT2D eigenvalue weighted by atomic mass is 32.2. The molecule has 19 heavy (non-hydrogen) atoms. The summed E-state index contributed by atoms with van der Waals surface area (Å²) in [5.74, 6) is 0. The number of hydrogen-bond acceptors (Lipinski definition) is 4. The first-order valence-corrected chi connectivity index (χ1v) is 8.09. The van der Waals surface area contributed by atoms with Crippen LogP contribution in [0.25, 0.3) is 0 Å². The Balaban J connectivity index is 2.32. The molecule has 0 aliphatic carbocycles. The fourth-order valence-electron chi connectivity index (χ4n) is 2.55. The summed E-state index contributed by atoms with van der Waals surface area (Å²) in [6.07, 6.45) is 3.38. The van der Waals surface area contributed by atoms with Crippen LogP contribution in [0, 0.1) is 0 Å². The van der Waals surface area contributed by atoms with Gasteiger partial charge in [-0.3, -0.25) is 5.10 Å². The topological polar surface area (TPSA) is 78.1 Å². The molecule has 2 rings (SSSR count). The van der Waals surface area contributed by atoms with Crippen LogP contribution in [0.3, 0.4) is 0 Å². The van der Waals surface area contributed by atoms with Gasteiger partial charge in [0.1, 0.15) is 0 Å². The van der Waals surface area contributed by atoms with Gasteiger partial charge in [0, 0.05) is 24.2 Å². The SMILES string of the molecule is CCNCc1cn[nH]c1S(=O)(=O)N1CCCC1(C)C. The van der Waals surface area contributed by atoms with Crippen LogP contribution >= 0.6 is 0 Å². The van der Waals surface area contributed by atoms with Crippen molar-refractivity contribution in [2.24, 2.45) is 0 Å². The quantitative estimate of drug-likeness (QED) is 0.849. The van der Waals surface area contributed by atoms with Crippen LogP contribution < -0.4 is 5.32 Å². The Morgan fingerprint density at radius 1 is 1.53 bits per heavy atom. The van der Waals surface area contributed by atoms with E-state index < -0.39 is 10.0 Å². The molecule has 0 atom stereocenters. The van der Waals surface area contributed by atoms with E-state index in [0.717, 1.165) is 19.4 Å². The van der Waals surface area contributed by atoms with Crippen molar-refractivity contribution in [1.29, 1.82) is 0 Å². The summed E-state index contributed by atoms with van der Waals surface area (Å²) in [6, 6.07) is 0. The van der Waals surface area contributed by atoms with Gasteiger partial charge in [0.05, 0.1) is 6.20 Å². The standard InChI is InChI=1S/C12H22N4O2S/c1-4-13-8-10-9-14-15-11(10)19(17,18)16-7-5-6-12(16,2)3/h9,13H,4-8H2,1-3H3,(H,14,15). The summed E-state index contributed by atoms with van der Waals surface area (Å²) < 4.78 is 27.0. The van der Waals surface area contributed by atoms with Crippen molar-refractivity contribution >= 4 is 10.0 Å². The van der Waals surface area contributed by atoms with Gasteiger partial charge < -0.3 is 5.32 Å². The summed E-state index contributed by atoms with van der Waals surface area (Å²) in [6.45, 7) is 7.80. The van der Waals surface area contributed by atoms with E-state index >= 15 is 0 Å². The maximum Gasteiger partial charge on any atom is 0.260 e. The predicted octanol–water partition coefficient (Wildman–Crippen LogP) is 1.08. The zero-order valence-electron chi connectivity index (χ0n) is 11.7. The second-order valence-electron chi connectivity index (χ2n) is 5.50. The minimum atomic E-state index is -3.49. The molecule has 1 aromatic rings. The second kappa shape index (κ2) is 5.22. The minimum absolute atomic E-state index is 0.225. The Morgan fingerprint density at radius 2 is 2.26 bits per heavy atom. The van der Waals surface area contributed by atoms with Gasteiger partial charge in [0.2, 0.25) is 0 Å². The second-order valence-corrected chi connectivity index (χ2v) is 7.30. The lowest BCUT2D eigenvalue weighted by molar-refractivity contribution is 0.290. The minimum Gasteiger partial charge on any atom is -0.313 e. The highest BCUT2D eigenvalue weighted by molar-refractivity contribution is 7.89. The summed E-state index contributed by atoms with van der Waals surface area (Å²) >= 11 is 0. The van der Waals surface area contributed by atoms with Crippen LogP contribution in [-0.2, 0) is 16.6 Å². The molecule has 1 aromatic heterocycles. The Morgan fingerprint density at radius 3 is 2.84 bits per heavy atom. The Bertz CT molecular complexity index is 536. The maximum atomic E-state index is 12.7. The molecule has 0 unspecified atom stereocenters. The summed E-state index contributed by atoms with van der Waals surface area (Å²) in [7, 11) is -3.49. The number of nitrogens with one attached hydrogen (secondary N) is 2. The van der Waals surface area contributed by atoms with Crippen molar-refractivity contribution in [3.63, 3.8) is 0 Å². The average molecular weight is 286 g/mol. The largest absolute Gasteiger partial charge is 0.313 e. The lowest BCUT2D eigenvalue weighted by Crippen LogP contribution is -2.43. The van der Waals surface area contributed by atoms with Gasteiger partial charge in [-0.25, -0.2) is 8.42 Å². The normalized spacial score (nSPS) is 19.9. The summed E-state index contributed by atoms with van der Waals surface area (Å²) in [4.78, 5) is 0. The third-order valence-corrected chi connectivity index (χ3v) is 5.74. The molecule has 0 aromatic carbocycles. The van der Waals surface area contributed by atoms with Crippen molar-refractivity contribution in [1.82, 2.24) is 19.8 Å². The fraction of sp³-hybridized carbons (Fsp3) is 0.750. The van der Waals surface area contributed by atoms with E-state index in [1.54, 1.807) is 10.5 Å². The van der Waals surface area contributed by atoms with Crippen LogP contribution in [0.15, 0.2) is 11.2 Å². The molecule has 0 saturated carbocycles.